The van der Waals surface area contributed by atoms with Crippen molar-refractivity contribution in [2.45, 2.75) is 13.8 Å². The maximum absolute atomic E-state index is 13.0. The van der Waals surface area contributed by atoms with E-state index in [9.17, 15) is 4.79 Å². The Morgan fingerprint density at radius 1 is 0.906 bits per heavy atom. The van der Waals surface area contributed by atoms with Crippen molar-refractivity contribution in [2.24, 2.45) is 0 Å². The molecule has 1 N–H and O–H groups in total. The normalized spacial score (nSPS) is 10.7. The topological polar surface area (TPSA) is 60.5 Å². The zero-order valence-corrected chi connectivity index (χ0v) is 18.6. The molecule has 4 rings (SSSR count). The van der Waals surface area contributed by atoms with E-state index in [4.69, 9.17) is 26.1 Å². The molecule has 1 heterocycles. The summed E-state index contributed by atoms with van der Waals surface area (Å²) in [5, 5.41) is 4.34. The molecule has 162 valence electrons. The van der Waals surface area contributed by atoms with Gasteiger partial charge in [0.1, 0.15) is 11.5 Å². The molecule has 1 amide bonds. The van der Waals surface area contributed by atoms with E-state index in [1.807, 2.05) is 74.5 Å². The van der Waals surface area contributed by atoms with Crippen molar-refractivity contribution >= 4 is 34.1 Å². The van der Waals surface area contributed by atoms with Gasteiger partial charge < -0.3 is 14.8 Å². The molecule has 0 bridgehead atoms. The second-order valence-electron chi connectivity index (χ2n) is 7.06. The van der Waals surface area contributed by atoms with Gasteiger partial charge >= 0.3 is 0 Å². The Morgan fingerprint density at radius 3 is 2.47 bits per heavy atom. The molecule has 0 aliphatic heterocycles. The van der Waals surface area contributed by atoms with Gasteiger partial charge in [-0.25, -0.2) is 4.98 Å². The standard InChI is InChI=1S/C26H23ClN2O3/c1-3-31-24-11-6-5-10-22(24)29-26(30)18-12-13-21-20(15-18)25(32-4-2)16-23(28-21)17-8-7-9-19(27)14-17/h5-16H,3-4H2,1-2H3,(H,29,30). The molecule has 0 radical (unpaired) electrons. The van der Waals surface area contributed by atoms with Crippen LogP contribution in [0.2, 0.25) is 5.02 Å². The summed E-state index contributed by atoms with van der Waals surface area (Å²) in [4.78, 5) is 17.7. The number of hydrogen-bond donors (Lipinski definition) is 1. The lowest BCUT2D eigenvalue weighted by atomic mass is 10.1. The van der Waals surface area contributed by atoms with Crippen LogP contribution in [0.1, 0.15) is 24.2 Å². The molecule has 0 spiro atoms. The number of carbonyl (C=O) groups excluding carboxylic acids is 1. The van der Waals surface area contributed by atoms with Crippen molar-refractivity contribution in [3.63, 3.8) is 0 Å². The number of rotatable bonds is 7. The van der Waals surface area contributed by atoms with Crippen molar-refractivity contribution in [3.05, 3.63) is 83.4 Å². The summed E-state index contributed by atoms with van der Waals surface area (Å²) in [6, 6.07) is 22.2. The third-order valence-corrected chi connectivity index (χ3v) is 5.12. The second kappa shape index (κ2) is 9.71. The molecule has 0 saturated heterocycles. The van der Waals surface area contributed by atoms with E-state index in [1.54, 1.807) is 12.1 Å². The van der Waals surface area contributed by atoms with E-state index < -0.39 is 0 Å². The van der Waals surface area contributed by atoms with E-state index in [1.165, 1.54) is 0 Å². The zero-order chi connectivity index (χ0) is 22.5. The second-order valence-corrected chi connectivity index (χ2v) is 7.50. The number of halogens is 1. The number of benzene rings is 3. The number of pyridine rings is 1. The van der Waals surface area contributed by atoms with Gasteiger partial charge in [-0.15, -0.1) is 0 Å². The average Bonchev–Trinajstić information content (AvgIpc) is 2.80. The predicted octanol–water partition coefficient (Wildman–Crippen LogP) is 6.60. The van der Waals surface area contributed by atoms with Gasteiger partial charge in [-0.2, -0.15) is 0 Å². The minimum Gasteiger partial charge on any atom is -0.493 e. The number of amides is 1. The Balaban J connectivity index is 1.71. The fourth-order valence-corrected chi connectivity index (χ4v) is 3.64. The molecule has 32 heavy (non-hydrogen) atoms. The van der Waals surface area contributed by atoms with Crippen LogP contribution in [0, 0.1) is 0 Å². The summed E-state index contributed by atoms with van der Waals surface area (Å²) in [5.74, 6) is 1.06. The molecular weight excluding hydrogens is 424 g/mol. The van der Waals surface area contributed by atoms with Gasteiger partial charge in [0.2, 0.25) is 0 Å². The SMILES string of the molecule is CCOc1ccccc1NC(=O)c1ccc2nc(-c3cccc(Cl)c3)cc(OCC)c2c1. The van der Waals surface area contributed by atoms with Gasteiger partial charge in [-0.1, -0.05) is 35.9 Å². The molecule has 1 aromatic heterocycles. The summed E-state index contributed by atoms with van der Waals surface area (Å²) in [6.07, 6.45) is 0. The van der Waals surface area contributed by atoms with Gasteiger partial charge in [-0.3, -0.25) is 4.79 Å². The van der Waals surface area contributed by atoms with Gasteiger partial charge in [0.05, 0.1) is 30.1 Å². The number of ether oxygens (including phenoxy) is 2. The van der Waals surface area contributed by atoms with Crippen LogP contribution in [-0.4, -0.2) is 24.1 Å². The Labute approximate surface area is 192 Å². The quantitative estimate of drug-likeness (QED) is 0.347. The molecule has 6 heteroatoms. The van der Waals surface area contributed by atoms with Crippen LogP contribution < -0.4 is 14.8 Å². The lowest BCUT2D eigenvalue weighted by molar-refractivity contribution is 0.102. The number of carbonyl (C=O) groups is 1. The number of para-hydroxylation sites is 2. The molecule has 4 aromatic rings. The highest BCUT2D eigenvalue weighted by molar-refractivity contribution is 6.30. The van der Waals surface area contributed by atoms with Crippen LogP contribution in [0.5, 0.6) is 11.5 Å². The Bertz CT molecular complexity index is 1270. The predicted molar refractivity (Wildman–Crippen MR) is 129 cm³/mol. The first kappa shape index (κ1) is 21.7. The van der Waals surface area contributed by atoms with E-state index in [0.29, 0.717) is 41.0 Å². The first-order valence-electron chi connectivity index (χ1n) is 10.5. The lowest BCUT2D eigenvalue weighted by Gasteiger charge is -2.13. The molecule has 0 saturated carbocycles. The van der Waals surface area contributed by atoms with Crippen LogP contribution in [0.25, 0.3) is 22.2 Å². The Morgan fingerprint density at radius 2 is 1.69 bits per heavy atom. The van der Waals surface area contributed by atoms with Crippen LogP contribution >= 0.6 is 11.6 Å². The minimum atomic E-state index is -0.236. The fraction of sp³-hybridized carbons (Fsp3) is 0.154. The van der Waals surface area contributed by atoms with Gasteiger partial charge in [0, 0.05) is 27.6 Å². The van der Waals surface area contributed by atoms with Crippen molar-refractivity contribution in [3.8, 4) is 22.8 Å². The monoisotopic (exact) mass is 446 g/mol. The van der Waals surface area contributed by atoms with Crippen LogP contribution in [0.4, 0.5) is 5.69 Å². The summed E-state index contributed by atoms with van der Waals surface area (Å²) in [6.45, 7) is 4.84. The third kappa shape index (κ3) is 4.68. The van der Waals surface area contributed by atoms with Gasteiger partial charge in [-0.05, 0) is 56.3 Å². The highest BCUT2D eigenvalue weighted by Crippen LogP contribution is 2.32. The van der Waals surface area contributed by atoms with E-state index in [0.717, 1.165) is 22.2 Å². The largest absolute Gasteiger partial charge is 0.493 e. The Kier molecular flexibility index (Phi) is 6.57. The molecular formula is C26H23ClN2O3. The number of nitrogens with one attached hydrogen (secondary N) is 1. The fourth-order valence-electron chi connectivity index (χ4n) is 3.45. The number of aromatic nitrogens is 1. The average molecular weight is 447 g/mol. The van der Waals surface area contributed by atoms with Crippen molar-refractivity contribution < 1.29 is 14.3 Å². The zero-order valence-electron chi connectivity index (χ0n) is 17.9. The van der Waals surface area contributed by atoms with Crippen LogP contribution in [0.3, 0.4) is 0 Å². The minimum absolute atomic E-state index is 0.236. The van der Waals surface area contributed by atoms with E-state index in [2.05, 4.69) is 5.32 Å². The highest BCUT2D eigenvalue weighted by atomic mass is 35.5. The maximum Gasteiger partial charge on any atom is 0.255 e. The number of nitrogens with zero attached hydrogens (tertiary/aromatic N) is 1. The number of anilines is 1. The lowest BCUT2D eigenvalue weighted by Crippen LogP contribution is -2.13. The van der Waals surface area contributed by atoms with Crippen LogP contribution in [0.15, 0.2) is 72.8 Å². The molecule has 0 atom stereocenters. The molecule has 0 aliphatic rings. The first-order chi connectivity index (χ1) is 15.6. The van der Waals surface area contributed by atoms with Crippen molar-refractivity contribution in [1.82, 2.24) is 4.98 Å². The van der Waals surface area contributed by atoms with E-state index in [-0.39, 0.29) is 5.91 Å². The van der Waals surface area contributed by atoms with Gasteiger partial charge in [0.15, 0.2) is 0 Å². The highest BCUT2D eigenvalue weighted by Gasteiger charge is 2.14. The molecule has 3 aromatic carbocycles. The molecule has 0 unspecified atom stereocenters. The Hall–Kier alpha value is -3.57. The summed E-state index contributed by atoms with van der Waals surface area (Å²) < 4.78 is 11.5. The maximum atomic E-state index is 13.0. The summed E-state index contributed by atoms with van der Waals surface area (Å²) >= 11 is 6.15. The van der Waals surface area contributed by atoms with Gasteiger partial charge in [0.25, 0.3) is 5.91 Å². The summed E-state index contributed by atoms with van der Waals surface area (Å²) in [5.41, 5.74) is 3.51. The number of fused-ring (bicyclic) bond motifs is 1. The third-order valence-electron chi connectivity index (χ3n) is 4.89. The van der Waals surface area contributed by atoms with Crippen LogP contribution in [-0.2, 0) is 0 Å². The van der Waals surface area contributed by atoms with Crippen molar-refractivity contribution in [2.75, 3.05) is 18.5 Å². The molecule has 0 fully saturated rings. The van der Waals surface area contributed by atoms with Crippen molar-refractivity contribution in [1.29, 1.82) is 0 Å². The smallest absolute Gasteiger partial charge is 0.255 e. The molecule has 5 nitrogen and oxygen atoms in total. The first-order valence-corrected chi connectivity index (χ1v) is 10.8. The van der Waals surface area contributed by atoms with E-state index >= 15 is 0 Å². The summed E-state index contributed by atoms with van der Waals surface area (Å²) in [7, 11) is 0. The number of hydrogen-bond acceptors (Lipinski definition) is 4. The molecule has 0 aliphatic carbocycles.